The maximum Gasteiger partial charge on any atom is 0.173 e. The summed E-state index contributed by atoms with van der Waals surface area (Å²) in [5.74, 6) is 1.64. The molecule has 3 heterocycles. The molecular formula is C24H32N6. The summed E-state index contributed by atoms with van der Waals surface area (Å²) in [5.41, 5.74) is 2.46. The summed E-state index contributed by atoms with van der Waals surface area (Å²) in [4.78, 5) is 6.92. The van der Waals surface area contributed by atoms with Crippen LogP contribution in [0.3, 0.4) is 0 Å². The van der Waals surface area contributed by atoms with Gasteiger partial charge in [0.05, 0.1) is 11.6 Å². The number of hydrogen-bond donors (Lipinski definition) is 0. The van der Waals surface area contributed by atoms with Crippen molar-refractivity contribution in [1.82, 2.24) is 30.1 Å². The molecule has 0 unspecified atom stereocenters. The van der Waals surface area contributed by atoms with Gasteiger partial charge in [0.2, 0.25) is 0 Å². The van der Waals surface area contributed by atoms with E-state index in [9.17, 15) is 0 Å². The molecule has 1 atom stereocenters. The number of hydrogen-bond acceptors (Lipinski definition) is 5. The van der Waals surface area contributed by atoms with Gasteiger partial charge in [-0.1, -0.05) is 43.3 Å². The summed E-state index contributed by atoms with van der Waals surface area (Å²) < 4.78 is 2.01. The largest absolute Gasteiger partial charge is 0.290 e. The Hall–Kier alpha value is -2.60. The van der Waals surface area contributed by atoms with Crippen LogP contribution in [0.5, 0.6) is 0 Å². The van der Waals surface area contributed by atoms with E-state index in [4.69, 9.17) is 0 Å². The van der Waals surface area contributed by atoms with Crippen molar-refractivity contribution in [2.45, 2.75) is 58.0 Å². The first kappa shape index (κ1) is 20.7. The van der Waals surface area contributed by atoms with Gasteiger partial charge < -0.3 is 0 Å². The number of tetrazole rings is 1. The summed E-state index contributed by atoms with van der Waals surface area (Å²) in [7, 11) is 0. The minimum atomic E-state index is -0.134. The van der Waals surface area contributed by atoms with Crippen LogP contribution in [0.15, 0.2) is 54.9 Å². The van der Waals surface area contributed by atoms with Crippen molar-refractivity contribution < 1.29 is 0 Å². The third kappa shape index (κ3) is 4.43. The minimum absolute atomic E-state index is 0.0252. The maximum absolute atomic E-state index is 4.50. The van der Waals surface area contributed by atoms with Crippen LogP contribution in [-0.2, 0) is 12.0 Å². The minimum Gasteiger partial charge on any atom is -0.290 e. The molecule has 6 nitrogen and oxygen atoms in total. The van der Waals surface area contributed by atoms with Gasteiger partial charge in [0.1, 0.15) is 0 Å². The second-order valence-corrected chi connectivity index (χ2v) is 8.97. The van der Waals surface area contributed by atoms with Gasteiger partial charge in [-0.3, -0.25) is 9.88 Å². The Kier molecular flexibility index (Phi) is 6.23. The van der Waals surface area contributed by atoms with E-state index in [0.717, 1.165) is 43.2 Å². The zero-order valence-corrected chi connectivity index (χ0v) is 18.3. The number of pyridine rings is 1. The number of piperidine rings is 1. The van der Waals surface area contributed by atoms with Crippen LogP contribution in [0.2, 0.25) is 0 Å². The number of aromatic nitrogens is 5. The Balaban J connectivity index is 1.56. The van der Waals surface area contributed by atoms with E-state index in [2.05, 4.69) is 82.6 Å². The Morgan fingerprint density at radius 2 is 1.83 bits per heavy atom. The summed E-state index contributed by atoms with van der Waals surface area (Å²) >= 11 is 0. The molecule has 6 heteroatoms. The molecule has 1 aliphatic rings. The van der Waals surface area contributed by atoms with Crippen molar-refractivity contribution in [3.8, 4) is 0 Å². The Morgan fingerprint density at radius 3 is 2.50 bits per heavy atom. The molecule has 1 aromatic carbocycles. The predicted molar refractivity (Wildman–Crippen MR) is 118 cm³/mol. The SMILES string of the molecule is CCC(C)(C)n1nnnc1[C@@H](c1cccnc1)N1CCC(Cc2ccccc2)CC1. The Labute approximate surface area is 179 Å². The Morgan fingerprint density at radius 1 is 1.07 bits per heavy atom. The molecule has 30 heavy (non-hydrogen) atoms. The average molecular weight is 405 g/mol. The fourth-order valence-corrected chi connectivity index (χ4v) is 4.37. The van der Waals surface area contributed by atoms with Crippen molar-refractivity contribution in [1.29, 1.82) is 0 Å². The fraction of sp³-hybridized carbons (Fsp3) is 0.500. The first-order valence-electron chi connectivity index (χ1n) is 11.0. The normalized spacial score (nSPS) is 17.2. The summed E-state index contributed by atoms with van der Waals surface area (Å²) in [5, 5.41) is 12.9. The summed E-state index contributed by atoms with van der Waals surface area (Å²) in [6, 6.07) is 15.0. The highest BCUT2D eigenvalue weighted by Gasteiger charge is 2.34. The zero-order chi connectivity index (χ0) is 21.0. The topological polar surface area (TPSA) is 59.7 Å². The zero-order valence-electron chi connectivity index (χ0n) is 18.3. The van der Waals surface area contributed by atoms with Crippen LogP contribution in [0, 0.1) is 5.92 Å². The van der Waals surface area contributed by atoms with Gasteiger partial charge in [0, 0.05) is 12.4 Å². The van der Waals surface area contributed by atoms with Crippen molar-refractivity contribution in [3.63, 3.8) is 0 Å². The number of benzene rings is 1. The molecule has 158 valence electrons. The lowest BCUT2D eigenvalue weighted by molar-refractivity contribution is 0.137. The lowest BCUT2D eigenvalue weighted by Gasteiger charge is -2.38. The lowest BCUT2D eigenvalue weighted by atomic mass is 9.89. The molecule has 0 radical (unpaired) electrons. The van der Waals surface area contributed by atoms with Crippen molar-refractivity contribution in [2.75, 3.05) is 13.1 Å². The number of rotatable bonds is 7. The maximum atomic E-state index is 4.50. The van der Waals surface area contributed by atoms with Gasteiger partial charge in [-0.05, 0) is 86.2 Å². The first-order valence-corrected chi connectivity index (χ1v) is 11.0. The second kappa shape index (κ2) is 9.04. The Bertz CT molecular complexity index is 913. The number of nitrogens with zero attached hydrogens (tertiary/aromatic N) is 6. The third-order valence-corrected chi connectivity index (χ3v) is 6.56. The van der Waals surface area contributed by atoms with Crippen LogP contribution in [0.4, 0.5) is 0 Å². The highest BCUT2D eigenvalue weighted by molar-refractivity contribution is 5.22. The van der Waals surface area contributed by atoms with E-state index < -0.39 is 0 Å². The molecule has 0 aliphatic carbocycles. The molecule has 3 aromatic rings. The van der Waals surface area contributed by atoms with E-state index in [0.29, 0.717) is 0 Å². The smallest absolute Gasteiger partial charge is 0.173 e. The van der Waals surface area contributed by atoms with E-state index in [1.807, 2.05) is 23.1 Å². The number of likely N-dealkylation sites (tertiary alicyclic amines) is 1. The van der Waals surface area contributed by atoms with E-state index in [1.165, 1.54) is 18.4 Å². The first-order chi connectivity index (χ1) is 14.6. The van der Waals surface area contributed by atoms with Crippen LogP contribution >= 0.6 is 0 Å². The molecule has 0 saturated carbocycles. The molecule has 1 fully saturated rings. The van der Waals surface area contributed by atoms with E-state index in [-0.39, 0.29) is 11.6 Å². The van der Waals surface area contributed by atoms with Crippen molar-refractivity contribution >= 4 is 0 Å². The summed E-state index contributed by atoms with van der Waals surface area (Å²) in [6.45, 7) is 8.64. The molecule has 0 N–H and O–H groups in total. The molecule has 1 aliphatic heterocycles. The van der Waals surface area contributed by atoms with Crippen LogP contribution < -0.4 is 0 Å². The second-order valence-electron chi connectivity index (χ2n) is 8.97. The van der Waals surface area contributed by atoms with Crippen LogP contribution in [0.25, 0.3) is 0 Å². The summed E-state index contributed by atoms with van der Waals surface area (Å²) in [6.07, 6.45) is 8.27. The average Bonchev–Trinajstić information content (AvgIpc) is 3.27. The highest BCUT2D eigenvalue weighted by Crippen LogP contribution is 2.34. The van der Waals surface area contributed by atoms with Gasteiger partial charge in [0.25, 0.3) is 0 Å². The molecule has 0 bridgehead atoms. The molecule has 0 amide bonds. The predicted octanol–water partition coefficient (Wildman–Crippen LogP) is 4.26. The standard InChI is InChI=1S/C24H32N6/c1-4-24(2,3)30-23(26-27-28-30)22(21-11-8-14-25-18-21)29-15-12-20(13-16-29)17-19-9-6-5-7-10-19/h5-11,14,18,20,22H,4,12-13,15-17H2,1-3H3/t22-/m1/s1. The quantitative estimate of drug-likeness (QED) is 0.589. The van der Waals surface area contributed by atoms with Crippen molar-refractivity contribution in [2.24, 2.45) is 5.92 Å². The van der Waals surface area contributed by atoms with E-state index in [1.54, 1.807) is 0 Å². The third-order valence-electron chi connectivity index (χ3n) is 6.56. The molecular weight excluding hydrogens is 372 g/mol. The molecule has 0 spiro atoms. The molecule has 2 aromatic heterocycles. The van der Waals surface area contributed by atoms with E-state index >= 15 is 0 Å². The lowest BCUT2D eigenvalue weighted by Crippen LogP contribution is -2.40. The molecule has 4 rings (SSSR count). The van der Waals surface area contributed by atoms with Crippen LogP contribution in [0.1, 0.15) is 63.0 Å². The van der Waals surface area contributed by atoms with Gasteiger partial charge in [-0.2, -0.15) is 0 Å². The van der Waals surface area contributed by atoms with Crippen LogP contribution in [-0.4, -0.2) is 43.2 Å². The van der Waals surface area contributed by atoms with Crippen molar-refractivity contribution in [3.05, 3.63) is 71.8 Å². The monoisotopic (exact) mass is 404 g/mol. The fourth-order valence-electron chi connectivity index (χ4n) is 4.37. The highest BCUT2D eigenvalue weighted by atomic mass is 15.6. The van der Waals surface area contributed by atoms with Gasteiger partial charge in [-0.25, -0.2) is 4.68 Å². The van der Waals surface area contributed by atoms with Gasteiger partial charge in [-0.15, -0.1) is 5.10 Å². The van der Waals surface area contributed by atoms with Gasteiger partial charge >= 0.3 is 0 Å². The van der Waals surface area contributed by atoms with Gasteiger partial charge in [0.15, 0.2) is 5.82 Å². The molecule has 1 saturated heterocycles.